The van der Waals surface area contributed by atoms with Crippen molar-refractivity contribution >= 4 is 11.7 Å². The molecule has 1 aromatic heterocycles. The number of anilines is 1. The average Bonchev–Trinajstić information content (AvgIpc) is 2.87. The topological polar surface area (TPSA) is 80.0 Å². The van der Waals surface area contributed by atoms with Crippen LogP contribution in [0.25, 0.3) is 0 Å². The molecular formula is C15H24N4O. The Kier molecular flexibility index (Phi) is 5.35. The zero-order chi connectivity index (χ0) is 14.4. The van der Waals surface area contributed by atoms with E-state index in [-0.39, 0.29) is 17.9 Å². The number of rotatable bonds is 6. The van der Waals surface area contributed by atoms with E-state index in [4.69, 9.17) is 5.73 Å². The maximum absolute atomic E-state index is 11.9. The van der Waals surface area contributed by atoms with Gasteiger partial charge < -0.3 is 16.4 Å². The number of amides is 1. The van der Waals surface area contributed by atoms with Gasteiger partial charge in [-0.2, -0.15) is 0 Å². The molecule has 0 radical (unpaired) electrons. The third kappa shape index (κ3) is 4.49. The first kappa shape index (κ1) is 14.8. The van der Waals surface area contributed by atoms with Gasteiger partial charge in [0, 0.05) is 31.2 Å². The van der Waals surface area contributed by atoms with Gasteiger partial charge in [0.25, 0.3) is 0 Å². The van der Waals surface area contributed by atoms with Crippen molar-refractivity contribution in [2.75, 3.05) is 18.4 Å². The SMILES string of the molecule is Cc1ccc(NCCCNC(=O)C2CCC(N)C2)nc1. The molecule has 4 N–H and O–H groups in total. The highest BCUT2D eigenvalue weighted by molar-refractivity contribution is 5.78. The van der Waals surface area contributed by atoms with Gasteiger partial charge in [-0.25, -0.2) is 4.98 Å². The zero-order valence-corrected chi connectivity index (χ0v) is 12.1. The van der Waals surface area contributed by atoms with Crippen LogP contribution in [-0.2, 0) is 4.79 Å². The zero-order valence-electron chi connectivity index (χ0n) is 12.1. The van der Waals surface area contributed by atoms with E-state index in [1.165, 1.54) is 0 Å². The molecule has 0 aliphatic heterocycles. The number of aryl methyl sites for hydroxylation is 1. The number of nitrogens with zero attached hydrogens (tertiary/aromatic N) is 1. The van der Waals surface area contributed by atoms with Crippen molar-refractivity contribution in [3.8, 4) is 0 Å². The van der Waals surface area contributed by atoms with Crippen molar-refractivity contribution in [1.29, 1.82) is 0 Å². The number of aromatic nitrogens is 1. The van der Waals surface area contributed by atoms with Crippen molar-refractivity contribution in [3.63, 3.8) is 0 Å². The lowest BCUT2D eigenvalue weighted by Crippen LogP contribution is -2.31. The van der Waals surface area contributed by atoms with Crippen LogP contribution in [0.4, 0.5) is 5.82 Å². The highest BCUT2D eigenvalue weighted by atomic mass is 16.1. The van der Waals surface area contributed by atoms with Crippen molar-refractivity contribution in [1.82, 2.24) is 10.3 Å². The van der Waals surface area contributed by atoms with Crippen LogP contribution in [-0.4, -0.2) is 30.0 Å². The first-order valence-corrected chi connectivity index (χ1v) is 7.35. The Balaban J connectivity index is 1.57. The molecule has 5 heteroatoms. The van der Waals surface area contributed by atoms with Gasteiger partial charge in [0.2, 0.25) is 5.91 Å². The van der Waals surface area contributed by atoms with Gasteiger partial charge in [-0.1, -0.05) is 6.07 Å². The van der Waals surface area contributed by atoms with E-state index < -0.39 is 0 Å². The van der Waals surface area contributed by atoms with Crippen molar-refractivity contribution in [2.45, 2.75) is 38.6 Å². The third-order valence-electron chi connectivity index (χ3n) is 3.71. The Bertz CT molecular complexity index is 432. The average molecular weight is 276 g/mol. The number of hydrogen-bond acceptors (Lipinski definition) is 4. The number of carbonyl (C=O) groups is 1. The van der Waals surface area contributed by atoms with E-state index in [2.05, 4.69) is 15.6 Å². The minimum Gasteiger partial charge on any atom is -0.370 e. The maximum atomic E-state index is 11.9. The Labute approximate surface area is 120 Å². The summed E-state index contributed by atoms with van der Waals surface area (Å²) in [5, 5.41) is 6.23. The van der Waals surface area contributed by atoms with Crippen LogP contribution in [0.2, 0.25) is 0 Å². The molecule has 110 valence electrons. The fraction of sp³-hybridized carbons (Fsp3) is 0.600. The van der Waals surface area contributed by atoms with Crippen molar-refractivity contribution in [3.05, 3.63) is 23.9 Å². The van der Waals surface area contributed by atoms with Crippen LogP contribution in [0.15, 0.2) is 18.3 Å². The third-order valence-corrected chi connectivity index (χ3v) is 3.71. The van der Waals surface area contributed by atoms with Gasteiger partial charge in [0.15, 0.2) is 0 Å². The number of hydrogen-bond donors (Lipinski definition) is 3. The largest absolute Gasteiger partial charge is 0.370 e. The molecule has 0 spiro atoms. The Hall–Kier alpha value is -1.62. The monoisotopic (exact) mass is 276 g/mol. The fourth-order valence-electron chi connectivity index (χ4n) is 2.49. The molecule has 1 heterocycles. The van der Waals surface area contributed by atoms with Gasteiger partial charge in [-0.15, -0.1) is 0 Å². The van der Waals surface area contributed by atoms with Crippen LogP contribution in [0.3, 0.4) is 0 Å². The highest BCUT2D eigenvalue weighted by Gasteiger charge is 2.27. The van der Waals surface area contributed by atoms with Crippen molar-refractivity contribution in [2.24, 2.45) is 11.7 Å². The molecule has 1 amide bonds. The summed E-state index contributed by atoms with van der Waals surface area (Å²) in [6.45, 7) is 3.52. The molecule has 0 saturated heterocycles. The Morgan fingerprint density at radius 2 is 2.25 bits per heavy atom. The summed E-state index contributed by atoms with van der Waals surface area (Å²) in [5.41, 5.74) is 6.97. The van der Waals surface area contributed by atoms with Gasteiger partial charge in [-0.3, -0.25) is 4.79 Å². The lowest BCUT2D eigenvalue weighted by Gasteiger charge is -2.11. The van der Waals surface area contributed by atoms with Crippen LogP contribution < -0.4 is 16.4 Å². The molecule has 2 rings (SSSR count). The lowest BCUT2D eigenvalue weighted by molar-refractivity contribution is -0.124. The van der Waals surface area contributed by atoms with Gasteiger partial charge in [0.05, 0.1) is 0 Å². The van der Waals surface area contributed by atoms with Crippen LogP contribution >= 0.6 is 0 Å². The summed E-state index contributed by atoms with van der Waals surface area (Å²) in [5.74, 6) is 1.16. The highest BCUT2D eigenvalue weighted by Crippen LogP contribution is 2.23. The van der Waals surface area contributed by atoms with E-state index in [1.807, 2.05) is 25.3 Å². The first-order chi connectivity index (χ1) is 9.65. The molecule has 0 bridgehead atoms. The van der Waals surface area contributed by atoms with E-state index in [0.29, 0.717) is 6.54 Å². The standard InChI is InChI=1S/C15H24N4O/c1-11-3-6-14(19-10-11)17-7-2-8-18-15(20)12-4-5-13(16)9-12/h3,6,10,12-13H,2,4-5,7-9,16H2,1H3,(H,17,19)(H,18,20). The van der Waals surface area contributed by atoms with Gasteiger partial charge >= 0.3 is 0 Å². The molecule has 1 aliphatic rings. The summed E-state index contributed by atoms with van der Waals surface area (Å²) >= 11 is 0. The van der Waals surface area contributed by atoms with Crippen LogP contribution in [0, 0.1) is 12.8 Å². The second-order valence-corrected chi connectivity index (χ2v) is 5.56. The molecule has 5 nitrogen and oxygen atoms in total. The Morgan fingerprint density at radius 3 is 2.90 bits per heavy atom. The summed E-state index contributed by atoms with van der Waals surface area (Å²) in [4.78, 5) is 16.1. The summed E-state index contributed by atoms with van der Waals surface area (Å²) in [6, 6.07) is 4.20. The molecular weight excluding hydrogens is 252 g/mol. The normalized spacial score (nSPS) is 21.7. The minimum atomic E-state index is 0.122. The van der Waals surface area contributed by atoms with Crippen LogP contribution in [0.5, 0.6) is 0 Å². The fourth-order valence-corrected chi connectivity index (χ4v) is 2.49. The molecule has 1 aromatic rings. The molecule has 1 saturated carbocycles. The van der Waals surface area contributed by atoms with E-state index >= 15 is 0 Å². The smallest absolute Gasteiger partial charge is 0.223 e. The number of nitrogens with one attached hydrogen (secondary N) is 2. The maximum Gasteiger partial charge on any atom is 0.223 e. The van der Waals surface area contributed by atoms with E-state index in [1.54, 1.807) is 0 Å². The van der Waals surface area contributed by atoms with E-state index in [0.717, 1.165) is 43.6 Å². The quantitative estimate of drug-likeness (QED) is 0.687. The summed E-state index contributed by atoms with van der Waals surface area (Å²) in [6.07, 6.45) is 5.46. The first-order valence-electron chi connectivity index (χ1n) is 7.35. The van der Waals surface area contributed by atoms with Crippen LogP contribution in [0.1, 0.15) is 31.2 Å². The second-order valence-electron chi connectivity index (χ2n) is 5.56. The predicted molar refractivity (Wildman–Crippen MR) is 80.4 cm³/mol. The number of pyridine rings is 1. The molecule has 1 fully saturated rings. The van der Waals surface area contributed by atoms with Crippen molar-refractivity contribution < 1.29 is 4.79 Å². The molecule has 20 heavy (non-hydrogen) atoms. The predicted octanol–water partition coefficient (Wildman–Crippen LogP) is 1.44. The number of nitrogens with two attached hydrogens (primary N) is 1. The van der Waals surface area contributed by atoms with Gasteiger partial charge in [-0.05, 0) is 44.2 Å². The summed E-state index contributed by atoms with van der Waals surface area (Å²) in [7, 11) is 0. The minimum absolute atomic E-state index is 0.122. The molecule has 0 aromatic carbocycles. The molecule has 2 atom stereocenters. The second kappa shape index (κ2) is 7.24. The Morgan fingerprint density at radius 1 is 1.40 bits per heavy atom. The van der Waals surface area contributed by atoms with Gasteiger partial charge in [0.1, 0.15) is 5.82 Å². The number of carbonyl (C=O) groups excluding carboxylic acids is 1. The lowest BCUT2D eigenvalue weighted by atomic mass is 10.1. The van der Waals surface area contributed by atoms with E-state index in [9.17, 15) is 4.79 Å². The molecule has 1 aliphatic carbocycles. The summed E-state index contributed by atoms with van der Waals surface area (Å²) < 4.78 is 0. The molecule has 2 unspecified atom stereocenters.